The van der Waals surface area contributed by atoms with Gasteiger partial charge in [-0.05, 0) is 24.3 Å². The first-order valence-corrected chi connectivity index (χ1v) is 9.05. The first kappa shape index (κ1) is 20.2. The molecule has 1 heterocycles. The molecule has 3 rings (SSSR count). The molecule has 1 N–H and O–H groups in total. The molecule has 0 bridgehead atoms. The van der Waals surface area contributed by atoms with Crippen LogP contribution in [-0.2, 0) is 11.2 Å². The molecular weight excluding hydrogens is 379 g/mol. The van der Waals surface area contributed by atoms with Crippen molar-refractivity contribution in [2.24, 2.45) is 11.0 Å². The van der Waals surface area contributed by atoms with E-state index in [1.54, 1.807) is 0 Å². The van der Waals surface area contributed by atoms with Gasteiger partial charge in [0.2, 0.25) is 5.91 Å². The minimum absolute atomic E-state index is 0.151. The summed E-state index contributed by atoms with van der Waals surface area (Å²) in [5.41, 5.74) is -3.06. The van der Waals surface area contributed by atoms with Crippen molar-refractivity contribution in [3.05, 3.63) is 39.9 Å². The average molecular weight is 399 g/mol. The highest BCUT2D eigenvalue weighted by atomic mass is 19.4. The second-order valence-electron chi connectivity index (χ2n) is 7.22. The van der Waals surface area contributed by atoms with Crippen LogP contribution in [0.5, 0.6) is 0 Å². The molecule has 152 valence electrons. The van der Waals surface area contributed by atoms with Gasteiger partial charge >= 0.3 is 6.18 Å². The van der Waals surface area contributed by atoms with Crippen molar-refractivity contribution < 1.29 is 28.0 Å². The summed E-state index contributed by atoms with van der Waals surface area (Å²) in [4.78, 5) is 22.6. The summed E-state index contributed by atoms with van der Waals surface area (Å²) < 4.78 is 40.8. The van der Waals surface area contributed by atoms with E-state index in [2.05, 4.69) is 5.10 Å². The van der Waals surface area contributed by atoms with Crippen LogP contribution in [0.4, 0.5) is 18.9 Å². The third-order valence-corrected chi connectivity index (χ3v) is 5.28. The number of aliphatic hydroxyl groups is 1. The topological polar surface area (TPSA) is 96.0 Å². The SMILES string of the molecule is O=C(Cc1ccc([N+](=O)[O-])cc1)N1N=C(C2CCCCC2)C[C@]1(O)C(F)(F)F. The van der Waals surface area contributed by atoms with E-state index in [-0.39, 0.29) is 22.3 Å². The molecule has 1 saturated carbocycles. The Labute approximate surface area is 159 Å². The predicted octanol–water partition coefficient (Wildman–Crippen LogP) is 3.56. The minimum Gasteiger partial charge on any atom is -0.362 e. The monoisotopic (exact) mass is 399 g/mol. The number of nitro groups is 1. The molecular formula is C18H20F3N3O4. The van der Waals surface area contributed by atoms with Gasteiger partial charge in [-0.2, -0.15) is 23.3 Å². The second-order valence-corrected chi connectivity index (χ2v) is 7.22. The van der Waals surface area contributed by atoms with E-state index >= 15 is 0 Å². The zero-order valence-electron chi connectivity index (χ0n) is 15.0. The number of halogens is 3. The van der Waals surface area contributed by atoms with E-state index in [0.29, 0.717) is 18.4 Å². The first-order valence-electron chi connectivity index (χ1n) is 9.05. The molecule has 1 aliphatic carbocycles. The summed E-state index contributed by atoms with van der Waals surface area (Å²) in [6.45, 7) is 0. The number of rotatable bonds is 4. The van der Waals surface area contributed by atoms with E-state index in [9.17, 15) is 33.2 Å². The number of carbonyl (C=O) groups is 1. The highest BCUT2D eigenvalue weighted by Crippen LogP contribution is 2.43. The summed E-state index contributed by atoms with van der Waals surface area (Å²) in [5, 5.41) is 25.1. The zero-order chi connectivity index (χ0) is 20.5. The molecule has 7 nitrogen and oxygen atoms in total. The van der Waals surface area contributed by atoms with Gasteiger partial charge in [0, 0.05) is 24.3 Å². The van der Waals surface area contributed by atoms with Gasteiger partial charge in [0.05, 0.1) is 11.3 Å². The van der Waals surface area contributed by atoms with Gasteiger partial charge in [-0.3, -0.25) is 14.9 Å². The van der Waals surface area contributed by atoms with Crippen molar-refractivity contribution in [2.45, 2.75) is 56.8 Å². The van der Waals surface area contributed by atoms with Gasteiger partial charge in [0.1, 0.15) is 0 Å². The number of nitrogens with zero attached hydrogens (tertiary/aromatic N) is 3. The Bertz CT molecular complexity index is 788. The molecule has 1 aliphatic heterocycles. The summed E-state index contributed by atoms with van der Waals surface area (Å²) in [7, 11) is 0. The number of benzene rings is 1. The number of hydrazone groups is 1. The van der Waals surface area contributed by atoms with Crippen LogP contribution in [0.25, 0.3) is 0 Å². The maximum Gasteiger partial charge on any atom is 0.438 e. The fourth-order valence-corrected chi connectivity index (χ4v) is 3.70. The van der Waals surface area contributed by atoms with Crippen LogP contribution >= 0.6 is 0 Å². The lowest BCUT2D eigenvalue weighted by Crippen LogP contribution is -2.57. The van der Waals surface area contributed by atoms with Crippen LogP contribution in [0, 0.1) is 16.0 Å². The van der Waals surface area contributed by atoms with Gasteiger partial charge in [-0.25, -0.2) is 0 Å². The third kappa shape index (κ3) is 3.87. The van der Waals surface area contributed by atoms with Gasteiger partial charge < -0.3 is 5.11 Å². The highest BCUT2D eigenvalue weighted by Gasteiger charge is 2.63. The Morgan fingerprint density at radius 2 is 1.86 bits per heavy atom. The van der Waals surface area contributed by atoms with E-state index in [1.807, 2.05) is 0 Å². The van der Waals surface area contributed by atoms with Gasteiger partial charge in [-0.15, -0.1) is 0 Å². The summed E-state index contributed by atoms with van der Waals surface area (Å²) >= 11 is 0. The Balaban J connectivity index is 1.83. The van der Waals surface area contributed by atoms with Crippen LogP contribution in [0.1, 0.15) is 44.1 Å². The van der Waals surface area contributed by atoms with Crippen LogP contribution in [0.3, 0.4) is 0 Å². The lowest BCUT2D eigenvalue weighted by molar-refractivity contribution is -0.384. The molecule has 1 aromatic carbocycles. The number of non-ortho nitro benzene ring substituents is 1. The van der Waals surface area contributed by atoms with Crippen molar-refractivity contribution in [1.82, 2.24) is 5.01 Å². The first-order chi connectivity index (χ1) is 13.1. The van der Waals surface area contributed by atoms with Gasteiger partial charge in [-0.1, -0.05) is 31.4 Å². The molecule has 0 saturated heterocycles. The zero-order valence-corrected chi connectivity index (χ0v) is 15.0. The van der Waals surface area contributed by atoms with Gasteiger partial charge in [0.25, 0.3) is 11.4 Å². The summed E-state index contributed by atoms with van der Waals surface area (Å²) in [6, 6.07) is 4.92. The standard InChI is InChI=1S/C18H20F3N3O4/c19-18(20,21)17(26)11-15(13-4-2-1-3-5-13)22-23(17)16(25)10-12-6-8-14(9-7-12)24(27)28/h6-9,13,26H,1-5,10-11H2/t17-/m0/s1. The third-order valence-electron chi connectivity index (χ3n) is 5.28. The molecule has 1 fully saturated rings. The quantitative estimate of drug-likeness (QED) is 0.619. The highest BCUT2D eigenvalue weighted by molar-refractivity contribution is 5.92. The van der Waals surface area contributed by atoms with Crippen molar-refractivity contribution in [3.8, 4) is 0 Å². The molecule has 2 aliphatic rings. The number of nitro benzene ring substituents is 1. The number of amides is 1. The smallest absolute Gasteiger partial charge is 0.362 e. The van der Waals surface area contributed by atoms with E-state index in [0.717, 1.165) is 19.3 Å². The summed E-state index contributed by atoms with van der Waals surface area (Å²) in [6.07, 6.45) is -2.11. The van der Waals surface area contributed by atoms with E-state index in [1.165, 1.54) is 24.3 Å². The Hall–Kier alpha value is -2.49. The molecule has 1 amide bonds. The van der Waals surface area contributed by atoms with Crippen LogP contribution in [0.15, 0.2) is 29.4 Å². The normalized spacial score (nSPS) is 23.6. The van der Waals surface area contributed by atoms with E-state index < -0.39 is 35.6 Å². The molecule has 0 unspecified atom stereocenters. The second kappa shape index (κ2) is 7.50. The van der Waals surface area contributed by atoms with Crippen molar-refractivity contribution in [1.29, 1.82) is 0 Å². The van der Waals surface area contributed by atoms with Crippen LogP contribution < -0.4 is 0 Å². The lowest BCUT2D eigenvalue weighted by atomic mass is 9.83. The Morgan fingerprint density at radius 3 is 2.39 bits per heavy atom. The predicted molar refractivity (Wildman–Crippen MR) is 93.3 cm³/mol. The number of hydrogen-bond acceptors (Lipinski definition) is 5. The molecule has 0 spiro atoms. The molecule has 28 heavy (non-hydrogen) atoms. The van der Waals surface area contributed by atoms with Crippen molar-refractivity contribution >= 4 is 17.3 Å². The van der Waals surface area contributed by atoms with Crippen LogP contribution in [0.2, 0.25) is 0 Å². The molecule has 1 aromatic rings. The van der Waals surface area contributed by atoms with Crippen molar-refractivity contribution in [2.75, 3.05) is 0 Å². The number of hydrogen-bond donors (Lipinski definition) is 1. The fraction of sp³-hybridized carbons (Fsp3) is 0.556. The fourth-order valence-electron chi connectivity index (χ4n) is 3.70. The Morgan fingerprint density at radius 1 is 1.25 bits per heavy atom. The van der Waals surface area contributed by atoms with E-state index in [4.69, 9.17) is 0 Å². The number of alkyl halides is 3. The maximum atomic E-state index is 13.6. The molecule has 10 heteroatoms. The molecule has 0 radical (unpaired) electrons. The van der Waals surface area contributed by atoms with Crippen molar-refractivity contribution in [3.63, 3.8) is 0 Å². The van der Waals surface area contributed by atoms with Crippen LogP contribution in [-0.4, -0.2) is 38.6 Å². The maximum absolute atomic E-state index is 13.6. The lowest BCUT2D eigenvalue weighted by Gasteiger charge is -2.32. The Kier molecular flexibility index (Phi) is 5.42. The molecule has 0 aromatic heterocycles. The minimum atomic E-state index is -5.06. The number of carbonyl (C=O) groups excluding carboxylic acids is 1. The largest absolute Gasteiger partial charge is 0.438 e. The molecule has 1 atom stereocenters. The summed E-state index contributed by atoms with van der Waals surface area (Å²) in [5.74, 6) is -1.18. The average Bonchev–Trinajstić information content (AvgIpc) is 3.02. The van der Waals surface area contributed by atoms with Gasteiger partial charge in [0.15, 0.2) is 0 Å².